The number of carbonyl (C=O) groups excluding carboxylic acids is 2. The lowest BCUT2D eigenvalue weighted by atomic mass is 10.1. The number of rotatable bonds is 1. The molecular weight excluding hydrogens is 224 g/mol. The highest BCUT2D eigenvalue weighted by molar-refractivity contribution is 6.39. The zero-order valence-corrected chi connectivity index (χ0v) is 9.18. The van der Waals surface area contributed by atoms with Gasteiger partial charge in [0.05, 0.1) is 19.2 Å². The van der Waals surface area contributed by atoms with Crippen molar-refractivity contribution in [3.63, 3.8) is 0 Å². The lowest BCUT2D eigenvalue weighted by Gasteiger charge is -2.30. The molecule has 2 aliphatic rings. The van der Waals surface area contributed by atoms with Gasteiger partial charge in [0.2, 0.25) is 5.91 Å². The molecule has 7 nitrogen and oxygen atoms in total. The van der Waals surface area contributed by atoms with Crippen LogP contribution in [-0.2, 0) is 14.3 Å². The SMILES string of the molecule is N#CC1CN(C(=O)C2=NNC(=O)CC2)CCO1. The summed E-state index contributed by atoms with van der Waals surface area (Å²) < 4.78 is 5.15. The van der Waals surface area contributed by atoms with Crippen LogP contribution in [0.25, 0.3) is 0 Å². The van der Waals surface area contributed by atoms with E-state index < -0.39 is 6.10 Å². The summed E-state index contributed by atoms with van der Waals surface area (Å²) in [6.07, 6.45) is 0.0435. The van der Waals surface area contributed by atoms with E-state index in [1.54, 1.807) is 0 Å². The van der Waals surface area contributed by atoms with Gasteiger partial charge in [-0.1, -0.05) is 0 Å². The Balaban J connectivity index is 2.00. The maximum atomic E-state index is 12.0. The lowest BCUT2D eigenvalue weighted by molar-refractivity contribution is -0.130. The normalized spacial score (nSPS) is 24.6. The first-order chi connectivity index (χ1) is 8.20. The third-order valence-electron chi connectivity index (χ3n) is 2.65. The Morgan fingerprint density at radius 1 is 1.59 bits per heavy atom. The van der Waals surface area contributed by atoms with Crippen molar-refractivity contribution < 1.29 is 14.3 Å². The monoisotopic (exact) mass is 236 g/mol. The van der Waals surface area contributed by atoms with Gasteiger partial charge in [0.25, 0.3) is 5.91 Å². The second-order valence-corrected chi connectivity index (χ2v) is 3.83. The van der Waals surface area contributed by atoms with E-state index in [4.69, 9.17) is 10.00 Å². The Kier molecular flexibility index (Phi) is 3.35. The van der Waals surface area contributed by atoms with E-state index in [2.05, 4.69) is 10.5 Å². The van der Waals surface area contributed by atoms with Gasteiger partial charge in [0, 0.05) is 19.4 Å². The van der Waals surface area contributed by atoms with Crippen LogP contribution in [0.2, 0.25) is 0 Å². The molecule has 1 unspecified atom stereocenters. The van der Waals surface area contributed by atoms with E-state index in [1.807, 2.05) is 6.07 Å². The van der Waals surface area contributed by atoms with E-state index >= 15 is 0 Å². The zero-order valence-electron chi connectivity index (χ0n) is 9.18. The molecule has 2 aliphatic heterocycles. The standard InChI is InChI=1S/C10H12N4O3/c11-5-7-6-14(3-4-17-7)10(16)8-1-2-9(15)13-12-8/h7H,1-4,6H2,(H,13,15). The van der Waals surface area contributed by atoms with Crippen molar-refractivity contribution >= 4 is 17.5 Å². The van der Waals surface area contributed by atoms with Gasteiger partial charge in [-0.3, -0.25) is 9.59 Å². The molecule has 0 aliphatic carbocycles. The van der Waals surface area contributed by atoms with Crippen molar-refractivity contribution in [3.8, 4) is 6.07 Å². The average molecular weight is 236 g/mol. The van der Waals surface area contributed by atoms with Crippen molar-refractivity contribution in [2.24, 2.45) is 5.10 Å². The molecule has 1 saturated heterocycles. The van der Waals surface area contributed by atoms with E-state index in [0.717, 1.165) is 0 Å². The fourth-order valence-corrected chi connectivity index (χ4v) is 1.72. The fourth-order valence-electron chi connectivity index (χ4n) is 1.72. The summed E-state index contributed by atoms with van der Waals surface area (Å²) >= 11 is 0. The third-order valence-corrected chi connectivity index (χ3v) is 2.65. The number of carbonyl (C=O) groups is 2. The summed E-state index contributed by atoms with van der Waals surface area (Å²) in [6, 6.07) is 1.97. The Labute approximate surface area is 98.0 Å². The predicted molar refractivity (Wildman–Crippen MR) is 56.7 cm³/mol. The summed E-state index contributed by atoms with van der Waals surface area (Å²) in [5.74, 6) is -0.410. The molecule has 2 heterocycles. The number of hydrogen-bond acceptors (Lipinski definition) is 5. The molecule has 0 saturated carbocycles. The lowest BCUT2D eigenvalue weighted by Crippen LogP contribution is -2.48. The van der Waals surface area contributed by atoms with Gasteiger partial charge >= 0.3 is 0 Å². The third kappa shape index (κ3) is 2.60. The molecule has 0 bridgehead atoms. The summed E-state index contributed by atoms with van der Waals surface area (Å²) in [5.41, 5.74) is 2.62. The molecule has 0 radical (unpaired) electrons. The molecule has 2 amide bonds. The van der Waals surface area contributed by atoms with Crippen molar-refractivity contribution in [2.45, 2.75) is 18.9 Å². The minimum atomic E-state index is -0.577. The maximum Gasteiger partial charge on any atom is 0.270 e. The van der Waals surface area contributed by atoms with Crippen LogP contribution in [0.1, 0.15) is 12.8 Å². The van der Waals surface area contributed by atoms with Crippen molar-refractivity contribution in [2.75, 3.05) is 19.7 Å². The summed E-state index contributed by atoms with van der Waals surface area (Å²) in [7, 11) is 0. The second-order valence-electron chi connectivity index (χ2n) is 3.83. The Hall–Kier alpha value is -1.94. The summed E-state index contributed by atoms with van der Waals surface area (Å²) in [6.45, 7) is 1.05. The molecule has 7 heteroatoms. The van der Waals surface area contributed by atoms with Crippen LogP contribution >= 0.6 is 0 Å². The molecular formula is C10H12N4O3. The fraction of sp³-hybridized carbons (Fsp3) is 0.600. The minimum absolute atomic E-state index is 0.182. The number of hydrogen-bond donors (Lipinski definition) is 1. The largest absolute Gasteiger partial charge is 0.360 e. The topological polar surface area (TPSA) is 94.8 Å². The van der Waals surface area contributed by atoms with Crippen molar-refractivity contribution in [3.05, 3.63) is 0 Å². The van der Waals surface area contributed by atoms with Crippen LogP contribution < -0.4 is 5.43 Å². The van der Waals surface area contributed by atoms with E-state index in [0.29, 0.717) is 25.3 Å². The number of nitriles is 1. The molecule has 1 N–H and O–H groups in total. The molecule has 0 aromatic rings. The molecule has 0 aromatic carbocycles. The van der Waals surface area contributed by atoms with Gasteiger partial charge in [0.1, 0.15) is 5.71 Å². The molecule has 90 valence electrons. The van der Waals surface area contributed by atoms with Crippen LogP contribution in [0.3, 0.4) is 0 Å². The second kappa shape index (κ2) is 4.93. The van der Waals surface area contributed by atoms with Crippen molar-refractivity contribution in [1.82, 2.24) is 10.3 Å². The van der Waals surface area contributed by atoms with Crippen molar-refractivity contribution in [1.29, 1.82) is 5.26 Å². The number of nitrogens with zero attached hydrogens (tertiary/aromatic N) is 3. The Morgan fingerprint density at radius 3 is 3.06 bits per heavy atom. The van der Waals surface area contributed by atoms with E-state index in [1.165, 1.54) is 4.90 Å². The Morgan fingerprint density at radius 2 is 2.41 bits per heavy atom. The van der Waals surface area contributed by atoms with E-state index in [9.17, 15) is 9.59 Å². The predicted octanol–water partition coefficient (Wildman–Crippen LogP) is -0.997. The van der Waals surface area contributed by atoms with Gasteiger partial charge in [0.15, 0.2) is 6.10 Å². The minimum Gasteiger partial charge on any atom is -0.360 e. The van der Waals surface area contributed by atoms with E-state index in [-0.39, 0.29) is 24.8 Å². The maximum absolute atomic E-state index is 12.0. The molecule has 0 spiro atoms. The zero-order chi connectivity index (χ0) is 12.3. The van der Waals surface area contributed by atoms with Gasteiger partial charge < -0.3 is 9.64 Å². The van der Waals surface area contributed by atoms with Gasteiger partial charge in [-0.2, -0.15) is 10.4 Å². The molecule has 1 atom stereocenters. The average Bonchev–Trinajstić information content (AvgIpc) is 2.39. The molecule has 0 aromatic heterocycles. The van der Waals surface area contributed by atoms with Crippen LogP contribution in [0.5, 0.6) is 0 Å². The van der Waals surface area contributed by atoms with Crippen LogP contribution in [0.4, 0.5) is 0 Å². The summed E-state index contributed by atoms with van der Waals surface area (Å²) in [5, 5.41) is 12.5. The molecule has 17 heavy (non-hydrogen) atoms. The number of hydrazone groups is 1. The smallest absolute Gasteiger partial charge is 0.270 e. The number of nitrogens with one attached hydrogen (secondary N) is 1. The van der Waals surface area contributed by atoms with Crippen LogP contribution in [0.15, 0.2) is 5.10 Å². The van der Waals surface area contributed by atoms with Crippen LogP contribution in [-0.4, -0.2) is 48.2 Å². The molecule has 2 rings (SSSR count). The highest BCUT2D eigenvalue weighted by Crippen LogP contribution is 2.08. The van der Waals surface area contributed by atoms with Crippen LogP contribution in [0, 0.1) is 11.3 Å². The first kappa shape index (κ1) is 11.5. The summed E-state index contributed by atoms with van der Waals surface area (Å²) in [4.78, 5) is 24.4. The molecule has 1 fully saturated rings. The van der Waals surface area contributed by atoms with Gasteiger partial charge in [-0.15, -0.1) is 0 Å². The van der Waals surface area contributed by atoms with Gasteiger partial charge in [-0.05, 0) is 0 Å². The highest BCUT2D eigenvalue weighted by Gasteiger charge is 2.28. The Bertz CT molecular complexity index is 412. The number of morpholine rings is 1. The number of ether oxygens (including phenoxy) is 1. The quantitative estimate of drug-likeness (QED) is 0.632. The highest BCUT2D eigenvalue weighted by atomic mass is 16.5. The first-order valence-electron chi connectivity index (χ1n) is 5.36. The first-order valence-corrected chi connectivity index (χ1v) is 5.36. The van der Waals surface area contributed by atoms with Gasteiger partial charge in [-0.25, -0.2) is 5.43 Å². The number of amides is 2.